The van der Waals surface area contributed by atoms with Crippen molar-refractivity contribution < 1.29 is 14.3 Å². The zero-order valence-corrected chi connectivity index (χ0v) is 12.3. The summed E-state index contributed by atoms with van der Waals surface area (Å²) in [6, 6.07) is -0.734. The number of likely N-dealkylation sites (N-methyl/N-ethyl adjacent to an activating group) is 1. The standard InChI is InChI=1S/C12H25N3O3/c1-11(2,3)8(9(16)15(7)13)14-10(17)18-12(4,5)6/h8H,13H2,1-7H3,(H,14,17). The lowest BCUT2D eigenvalue weighted by molar-refractivity contribution is -0.135. The number of carbonyl (C=O) groups is 2. The Labute approximate surface area is 109 Å². The van der Waals surface area contributed by atoms with E-state index < -0.39 is 23.2 Å². The summed E-state index contributed by atoms with van der Waals surface area (Å²) in [4.78, 5) is 23.6. The molecule has 1 unspecified atom stereocenters. The van der Waals surface area contributed by atoms with Gasteiger partial charge in [-0.2, -0.15) is 0 Å². The predicted molar refractivity (Wildman–Crippen MR) is 69.6 cm³/mol. The topological polar surface area (TPSA) is 84.7 Å². The minimum Gasteiger partial charge on any atom is -0.444 e. The van der Waals surface area contributed by atoms with E-state index in [2.05, 4.69) is 5.32 Å². The summed E-state index contributed by atoms with van der Waals surface area (Å²) < 4.78 is 5.13. The second-order valence-corrected chi connectivity index (χ2v) is 6.39. The Morgan fingerprint density at radius 2 is 1.61 bits per heavy atom. The Bertz CT molecular complexity index is 314. The first-order chi connectivity index (χ1) is 7.84. The molecule has 0 fully saturated rings. The van der Waals surface area contributed by atoms with Crippen molar-refractivity contribution >= 4 is 12.0 Å². The van der Waals surface area contributed by atoms with Gasteiger partial charge in [0, 0.05) is 7.05 Å². The summed E-state index contributed by atoms with van der Waals surface area (Å²) in [5, 5.41) is 3.53. The lowest BCUT2D eigenvalue weighted by atomic mass is 9.86. The van der Waals surface area contributed by atoms with Crippen molar-refractivity contribution in [3.63, 3.8) is 0 Å². The van der Waals surface area contributed by atoms with E-state index in [4.69, 9.17) is 10.6 Å². The Hall–Kier alpha value is -1.30. The maximum Gasteiger partial charge on any atom is 0.408 e. The zero-order valence-electron chi connectivity index (χ0n) is 12.3. The van der Waals surface area contributed by atoms with E-state index in [-0.39, 0.29) is 5.91 Å². The number of alkyl carbamates (subject to hydrolysis) is 1. The number of rotatable bonds is 2. The second-order valence-electron chi connectivity index (χ2n) is 6.39. The Morgan fingerprint density at radius 3 is 1.89 bits per heavy atom. The van der Waals surface area contributed by atoms with E-state index in [1.807, 2.05) is 20.8 Å². The van der Waals surface area contributed by atoms with Crippen LogP contribution in [-0.4, -0.2) is 35.7 Å². The number of nitrogens with zero attached hydrogens (tertiary/aromatic N) is 1. The van der Waals surface area contributed by atoms with E-state index in [0.29, 0.717) is 0 Å². The molecule has 2 amide bonds. The summed E-state index contributed by atoms with van der Waals surface area (Å²) in [7, 11) is 1.44. The highest BCUT2D eigenvalue weighted by Gasteiger charge is 2.35. The van der Waals surface area contributed by atoms with Crippen molar-refractivity contribution in [3.05, 3.63) is 0 Å². The third-order valence-corrected chi connectivity index (χ3v) is 2.12. The predicted octanol–water partition coefficient (Wildman–Crippen LogP) is 1.26. The van der Waals surface area contributed by atoms with Crippen LogP contribution in [0.25, 0.3) is 0 Å². The van der Waals surface area contributed by atoms with Gasteiger partial charge in [0.05, 0.1) is 0 Å². The van der Waals surface area contributed by atoms with Crippen molar-refractivity contribution in [2.75, 3.05) is 7.05 Å². The number of hydrazine groups is 1. The van der Waals surface area contributed by atoms with Crippen LogP contribution >= 0.6 is 0 Å². The highest BCUT2D eigenvalue weighted by Crippen LogP contribution is 2.21. The maximum absolute atomic E-state index is 11.9. The van der Waals surface area contributed by atoms with E-state index in [1.54, 1.807) is 20.8 Å². The van der Waals surface area contributed by atoms with Crippen LogP contribution in [0, 0.1) is 5.41 Å². The van der Waals surface area contributed by atoms with Crippen LogP contribution in [0.3, 0.4) is 0 Å². The normalized spacial score (nSPS) is 13.8. The van der Waals surface area contributed by atoms with E-state index in [9.17, 15) is 9.59 Å². The summed E-state index contributed by atoms with van der Waals surface area (Å²) in [6.45, 7) is 10.8. The third-order valence-electron chi connectivity index (χ3n) is 2.12. The molecule has 0 aromatic carbocycles. The van der Waals surface area contributed by atoms with Crippen LogP contribution in [0.1, 0.15) is 41.5 Å². The minimum absolute atomic E-state index is 0.367. The summed E-state index contributed by atoms with van der Waals surface area (Å²) in [6.07, 6.45) is -0.627. The lowest BCUT2D eigenvalue weighted by Crippen LogP contribution is -2.56. The number of carbonyl (C=O) groups excluding carboxylic acids is 2. The monoisotopic (exact) mass is 259 g/mol. The molecule has 106 valence electrons. The quantitative estimate of drug-likeness (QED) is 0.444. The molecule has 0 spiro atoms. The smallest absolute Gasteiger partial charge is 0.408 e. The largest absolute Gasteiger partial charge is 0.444 e. The molecule has 0 saturated heterocycles. The van der Waals surface area contributed by atoms with Gasteiger partial charge < -0.3 is 10.1 Å². The Kier molecular flexibility index (Phi) is 5.16. The average Bonchev–Trinajstić information content (AvgIpc) is 2.08. The molecule has 1 atom stereocenters. The molecule has 0 saturated carbocycles. The van der Waals surface area contributed by atoms with Gasteiger partial charge in [0.15, 0.2) is 0 Å². The van der Waals surface area contributed by atoms with Crippen molar-refractivity contribution in [3.8, 4) is 0 Å². The Morgan fingerprint density at radius 1 is 1.17 bits per heavy atom. The van der Waals surface area contributed by atoms with E-state index in [0.717, 1.165) is 5.01 Å². The maximum atomic E-state index is 11.9. The van der Waals surface area contributed by atoms with Crippen LogP contribution in [0.5, 0.6) is 0 Å². The van der Waals surface area contributed by atoms with E-state index >= 15 is 0 Å². The second kappa shape index (κ2) is 5.56. The molecule has 0 bridgehead atoms. The first kappa shape index (κ1) is 16.7. The lowest BCUT2D eigenvalue weighted by Gasteiger charge is -2.32. The third kappa shape index (κ3) is 5.86. The van der Waals surface area contributed by atoms with Crippen LogP contribution < -0.4 is 11.2 Å². The van der Waals surface area contributed by atoms with Gasteiger partial charge in [-0.05, 0) is 26.2 Å². The summed E-state index contributed by atoms with van der Waals surface area (Å²) >= 11 is 0. The molecule has 3 N–H and O–H groups in total. The minimum atomic E-state index is -0.734. The molecule has 0 aliphatic carbocycles. The highest BCUT2D eigenvalue weighted by atomic mass is 16.6. The number of nitrogens with two attached hydrogens (primary N) is 1. The number of ether oxygens (including phenoxy) is 1. The van der Waals surface area contributed by atoms with Gasteiger partial charge in [0.1, 0.15) is 11.6 Å². The van der Waals surface area contributed by atoms with Crippen molar-refractivity contribution in [2.24, 2.45) is 11.3 Å². The fraction of sp³-hybridized carbons (Fsp3) is 0.833. The van der Waals surface area contributed by atoms with E-state index in [1.165, 1.54) is 7.05 Å². The molecule has 0 aliphatic rings. The number of amides is 2. The summed E-state index contributed by atoms with van der Waals surface area (Å²) in [5.41, 5.74) is -1.06. The van der Waals surface area contributed by atoms with Crippen molar-refractivity contribution in [2.45, 2.75) is 53.2 Å². The van der Waals surface area contributed by atoms with Crippen molar-refractivity contribution in [1.29, 1.82) is 0 Å². The fourth-order valence-corrected chi connectivity index (χ4v) is 1.28. The van der Waals surface area contributed by atoms with Gasteiger partial charge in [-0.3, -0.25) is 9.80 Å². The van der Waals surface area contributed by atoms with Gasteiger partial charge in [0.2, 0.25) is 0 Å². The molecule has 6 heteroatoms. The number of nitrogens with one attached hydrogen (secondary N) is 1. The fourth-order valence-electron chi connectivity index (χ4n) is 1.28. The van der Waals surface area contributed by atoms with Crippen LogP contribution in [0.15, 0.2) is 0 Å². The SMILES string of the molecule is CN(N)C(=O)C(NC(=O)OC(C)(C)C)C(C)(C)C. The molecular weight excluding hydrogens is 234 g/mol. The van der Waals surface area contributed by atoms with Gasteiger partial charge in [-0.1, -0.05) is 20.8 Å². The average molecular weight is 259 g/mol. The molecule has 0 rings (SSSR count). The Balaban J connectivity index is 4.83. The van der Waals surface area contributed by atoms with Crippen LogP contribution in [0.4, 0.5) is 4.79 Å². The highest BCUT2D eigenvalue weighted by molar-refractivity contribution is 5.85. The molecule has 0 aliphatic heterocycles. The first-order valence-electron chi connectivity index (χ1n) is 5.86. The van der Waals surface area contributed by atoms with Gasteiger partial charge in [0.25, 0.3) is 5.91 Å². The van der Waals surface area contributed by atoms with Gasteiger partial charge in [-0.25, -0.2) is 10.6 Å². The first-order valence-corrected chi connectivity index (χ1v) is 5.86. The molecule has 0 aromatic heterocycles. The van der Waals surface area contributed by atoms with Crippen LogP contribution in [0.2, 0.25) is 0 Å². The summed E-state index contributed by atoms with van der Waals surface area (Å²) in [5.74, 6) is 5.06. The van der Waals surface area contributed by atoms with Crippen molar-refractivity contribution in [1.82, 2.24) is 10.3 Å². The zero-order chi connectivity index (χ0) is 14.7. The van der Waals surface area contributed by atoms with Crippen LogP contribution in [-0.2, 0) is 9.53 Å². The molecule has 0 radical (unpaired) electrons. The molecule has 18 heavy (non-hydrogen) atoms. The number of hydrogen-bond donors (Lipinski definition) is 2. The molecule has 0 heterocycles. The van der Waals surface area contributed by atoms with Gasteiger partial charge in [-0.15, -0.1) is 0 Å². The van der Waals surface area contributed by atoms with Gasteiger partial charge >= 0.3 is 6.09 Å². The molecule has 6 nitrogen and oxygen atoms in total. The molecular formula is C12H25N3O3. The number of hydrogen-bond acceptors (Lipinski definition) is 4. The molecule has 0 aromatic rings.